The average Bonchev–Trinajstić information content (AvgIpc) is 2.78. The molecule has 98 valence electrons. The normalized spacial score (nSPS) is 17.7. The number of carbonyl (C=O) groups is 1. The fourth-order valence-corrected chi connectivity index (χ4v) is 3.12. The van der Waals surface area contributed by atoms with E-state index in [9.17, 15) is 9.90 Å². The molecular formula is C13H15BrClNO2. The van der Waals surface area contributed by atoms with Gasteiger partial charge in [0.05, 0.1) is 22.7 Å². The first kappa shape index (κ1) is 13.8. The lowest BCUT2D eigenvalue weighted by atomic mass is 9.98. The van der Waals surface area contributed by atoms with Gasteiger partial charge in [0.1, 0.15) is 0 Å². The lowest BCUT2D eigenvalue weighted by Gasteiger charge is -2.28. The van der Waals surface area contributed by atoms with Crippen molar-refractivity contribution in [3.8, 4) is 0 Å². The Bertz CT molecular complexity index is 458. The maximum Gasteiger partial charge on any atom is 0.253 e. The smallest absolute Gasteiger partial charge is 0.253 e. The molecule has 18 heavy (non-hydrogen) atoms. The first-order valence-electron chi connectivity index (χ1n) is 5.95. The Hall–Kier alpha value is -0.580. The van der Waals surface area contributed by atoms with E-state index in [4.69, 9.17) is 11.6 Å². The van der Waals surface area contributed by atoms with Crippen molar-refractivity contribution in [2.75, 3.05) is 6.61 Å². The van der Waals surface area contributed by atoms with Crippen molar-refractivity contribution in [3.63, 3.8) is 0 Å². The number of aliphatic hydroxyl groups excluding tert-OH is 1. The molecule has 1 saturated carbocycles. The Labute approximate surface area is 120 Å². The van der Waals surface area contributed by atoms with Crippen LogP contribution in [0.5, 0.6) is 0 Å². The standard InChI is InChI=1S/C13H15BrClNO2/c14-9-3-4-10(11(15)7-9)12(18)16-13(8-17)5-1-2-6-13/h3-4,7,17H,1-2,5-6,8H2,(H,16,18). The van der Waals surface area contributed by atoms with Gasteiger partial charge in [-0.3, -0.25) is 4.79 Å². The predicted molar refractivity (Wildman–Crippen MR) is 74.9 cm³/mol. The van der Waals surface area contributed by atoms with E-state index in [1.807, 2.05) is 0 Å². The van der Waals surface area contributed by atoms with Crippen LogP contribution < -0.4 is 5.32 Å². The Morgan fingerprint density at radius 1 is 1.44 bits per heavy atom. The fraction of sp³-hybridized carbons (Fsp3) is 0.462. The summed E-state index contributed by atoms with van der Waals surface area (Å²) >= 11 is 9.35. The Morgan fingerprint density at radius 2 is 2.11 bits per heavy atom. The second-order valence-corrected chi connectivity index (χ2v) is 6.05. The van der Waals surface area contributed by atoms with E-state index >= 15 is 0 Å². The molecule has 3 nitrogen and oxygen atoms in total. The van der Waals surface area contributed by atoms with Crippen LogP contribution in [0.25, 0.3) is 0 Å². The van der Waals surface area contributed by atoms with Crippen molar-refractivity contribution in [3.05, 3.63) is 33.3 Å². The van der Waals surface area contributed by atoms with Crippen LogP contribution in [0.15, 0.2) is 22.7 Å². The molecule has 0 unspecified atom stereocenters. The van der Waals surface area contributed by atoms with Gasteiger partial charge in [0.2, 0.25) is 0 Å². The number of benzene rings is 1. The van der Waals surface area contributed by atoms with Crippen molar-refractivity contribution >= 4 is 33.4 Å². The number of carbonyl (C=O) groups excluding carboxylic acids is 1. The third-order valence-corrected chi connectivity index (χ3v) is 4.22. The van der Waals surface area contributed by atoms with Crippen molar-refractivity contribution in [1.82, 2.24) is 5.32 Å². The Balaban J connectivity index is 2.16. The molecule has 0 aliphatic heterocycles. The molecule has 1 aliphatic carbocycles. The molecule has 1 aromatic rings. The first-order valence-corrected chi connectivity index (χ1v) is 7.12. The van der Waals surface area contributed by atoms with E-state index in [1.54, 1.807) is 18.2 Å². The number of nitrogens with one attached hydrogen (secondary N) is 1. The van der Waals surface area contributed by atoms with Crippen molar-refractivity contribution in [1.29, 1.82) is 0 Å². The monoisotopic (exact) mass is 331 g/mol. The van der Waals surface area contributed by atoms with Gasteiger partial charge in [-0.25, -0.2) is 0 Å². The van der Waals surface area contributed by atoms with E-state index in [0.717, 1.165) is 30.2 Å². The summed E-state index contributed by atoms with van der Waals surface area (Å²) in [6.45, 7) is -0.0209. The summed E-state index contributed by atoms with van der Waals surface area (Å²) in [5.74, 6) is -0.219. The van der Waals surface area contributed by atoms with Gasteiger partial charge in [-0.2, -0.15) is 0 Å². The molecule has 5 heteroatoms. The van der Waals surface area contributed by atoms with Crippen LogP contribution in [0.4, 0.5) is 0 Å². The highest BCUT2D eigenvalue weighted by Gasteiger charge is 2.35. The quantitative estimate of drug-likeness (QED) is 0.893. The van der Waals surface area contributed by atoms with Crippen LogP contribution in [-0.4, -0.2) is 23.2 Å². The third-order valence-electron chi connectivity index (χ3n) is 3.42. The number of hydrogen-bond donors (Lipinski definition) is 2. The molecule has 0 aromatic heterocycles. The molecule has 2 N–H and O–H groups in total. The highest BCUT2D eigenvalue weighted by Crippen LogP contribution is 2.30. The van der Waals surface area contributed by atoms with Crippen LogP contribution in [0.3, 0.4) is 0 Å². The van der Waals surface area contributed by atoms with E-state index in [2.05, 4.69) is 21.2 Å². The largest absolute Gasteiger partial charge is 0.394 e. The molecule has 1 fully saturated rings. The van der Waals surface area contributed by atoms with Gasteiger partial charge in [0.25, 0.3) is 5.91 Å². The number of aliphatic hydroxyl groups is 1. The summed E-state index contributed by atoms with van der Waals surface area (Å²) in [5.41, 5.74) is -0.0207. The van der Waals surface area contributed by atoms with Gasteiger partial charge in [-0.1, -0.05) is 40.4 Å². The topological polar surface area (TPSA) is 49.3 Å². The lowest BCUT2D eigenvalue weighted by molar-refractivity contribution is 0.0838. The lowest BCUT2D eigenvalue weighted by Crippen LogP contribution is -2.49. The maximum atomic E-state index is 12.2. The zero-order valence-corrected chi connectivity index (χ0v) is 12.2. The molecule has 0 atom stereocenters. The second kappa shape index (κ2) is 5.59. The van der Waals surface area contributed by atoms with Crippen LogP contribution in [-0.2, 0) is 0 Å². The van der Waals surface area contributed by atoms with E-state index in [-0.39, 0.29) is 12.5 Å². The van der Waals surface area contributed by atoms with Crippen molar-refractivity contribution in [2.24, 2.45) is 0 Å². The maximum absolute atomic E-state index is 12.2. The molecule has 1 aromatic carbocycles. The highest BCUT2D eigenvalue weighted by molar-refractivity contribution is 9.10. The zero-order valence-electron chi connectivity index (χ0n) is 9.88. The van der Waals surface area contributed by atoms with Crippen molar-refractivity contribution in [2.45, 2.75) is 31.2 Å². The molecule has 0 spiro atoms. The van der Waals surface area contributed by atoms with Gasteiger partial charge in [0, 0.05) is 4.47 Å². The fourth-order valence-electron chi connectivity index (χ4n) is 2.36. The zero-order chi connectivity index (χ0) is 13.2. The summed E-state index contributed by atoms with van der Waals surface area (Å²) in [6, 6.07) is 5.15. The highest BCUT2D eigenvalue weighted by atomic mass is 79.9. The minimum absolute atomic E-state index is 0.0209. The van der Waals surface area contributed by atoms with E-state index in [1.165, 1.54) is 0 Å². The van der Waals surface area contributed by atoms with Crippen LogP contribution in [0, 0.1) is 0 Å². The van der Waals surface area contributed by atoms with Crippen LogP contribution in [0.1, 0.15) is 36.0 Å². The number of hydrogen-bond acceptors (Lipinski definition) is 2. The molecule has 0 radical (unpaired) electrons. The minimum Gasteiger partial charge on any atom is -0.394 e. The van der Waals surface area contributed by atoms with Gasteiger partial charge in [-0.15, -0.1) is 0 Å². The molecule has 0 saturated heterocycles. The molecule has 0 bridgehead atoms. The number of halogens is 2. The summed E-state index contributed by atoms with van der Waals surface area (Å²) in [4.78, 5) is 12.2. The minimum atomic E-state index is -0.465. The summed E-state index contributed by atoms with van der Waals surface area (Å²) < 4.78 is 0.835. The average molecular weight is 333 g/mol. The second-order valence-electron chi connectivity index (χ2n) is 4.72. The third kappa shape index (κ3) is 2.87. The summed E-state index contributed by atoms with van der Waals surface area (Å²) in [7, 11) is 0. The Kier molecular flexibility index (Phi) is 4.30. The van der Waals surface area contributed by atoms with Gasteiger partial charge >= 0.3 is 0 Å². The summed E-state index contributed by atoms with van der Waals surface area (Å²) in [5, 5.41) is 12.8. The van der Waals surface area contributed by atoms with E-state index < -0.39 is 5.54 Å². The predicted octanol–water partition coefficient (Wildman–Crippen LogP) is 3.14. The van der Waals surface area contributed by atoms with Gasteiger partial charge in [-0.05, 0) is 31.0 Å². The van der Waals surface area contributed by atoms with Crippen LogP contribution in [0.2, 0.25) is 5.02 Å². The molecular weight excluding hydrogens is 318 g/mol. The van der Waals surface area contributed by atoms with Gasteiger partial charge < -0.3 is 10.4 Å². The summed E-state index contributed by atoms with van der Waals surface area (Å²) in [6.07, 6.45) is 3.72. The van der Waals surface area contributed by atoms with Crippen LogP contribution >= 0.6 is 27.5 Å². The molecule has 1 aliphatic rings. The Morgan fingerprint density at radius 3 is 2.67 bits per heavy atom. The number of rotatable bonds is 3. The van der Waals surface area contributed by atoms with Crippen molar-refractivity contribution < 1.29 is 9.90 Å². The van der Waals surface area contributed by atoms with Gasteiger partial charge in [0.15, 0.2) is 0 Å². The molecule has 2 rings (SSSR count). The molecule has 0 heterocycles. The SMILES string of the molecule is O=C(NC1(CO)CCCC1)c1ccc(Br)cc1Cl. The number of amides is 1. The first-order chi connectivity index (χ1) is 8.56. The van der Waals surface area contributed by atoms with E-state index in [0.29, 0.717) is 10.6 Å². The molecule has 1 amide bonds.